The van der Waals surface area contributed by atoms with Gasteiger partial charge in [0, 0.05) is 54.7 Å². The van der Waals surface area contributed by atoms with E-state index in [-0.39, 0.29) is 0 Å². The lowest BCUT2D eigenvalue weighted by atomic mass is 10.1. The molecule has 1 unspecified atom stereocenters. The van der Waals surface area contributed by atoms with Crippen molar-refractivity contribution in [1.82, 2.24) is 13.7 Å². The zero-order valence-corrected chi connectivity index (χ0v) is 24.6. The van der Waals surface area contributed by atoms with Gasteiger partial charge in [0.05, 0.1) is 28.1 Å². The number of para-hydroxylation sites is 4. The van der Waals surface area contributed by atoms with Crippen LogP contribution in [0.4, 0.5) is 0 Å². The number of hydrogen-bond acceptors (Lipinski definition) is 0. The Labute approximate surface area is 260 Å². The number of rotatable bonds is 3. The van der Waals surface area contributed by atoms with E-state index in [1.54, 1.807) is 0 Å². The molecule has 1 aliphatic rings. The van der Waals surface area contributed by atoms with Gasteiger partial charge < -0.3 is 13.7 Å². The predicted molar refractivity (Wildman–Crippen MR) is 190 cm³/mol. The molecular weight excluding hydrogens is 546 g/mol. The first-order valence-corrected chi connectivity index (χ1v) is 15.7. The molecule has 3 nitrogen and oxygen atoms in total. The quantitative estimate of drug-likeness (QED) is 0.199. The summed E-state index contributed by atoms with van der Waals surface area (Å²) < 4.78 is 7.39. The van der Waals surface area contributed by atoms with Crippen molar-refractivity contribution in [2.75, 3.05) is 0 Å². The van der Waals surface area contributed by atoms with Crippen molar-refractivity contribution < 1.29 is 0 Å². The standard InChI is InChI=1S/C42H29N3/c1-3-13-28(14-4-1)43-35-20-10-7-17-31(35)34-27-30(23-24-38(34)43)45-37-22-12-9-19-33(37)42-40(45)26-25-39-41(42)32-18-8-11-21-36(32)44(39)29-15-5-2-6-16-29/h1-13,15-28H,14H2. The lowest BCUT2D eigenvalue weighted by Crippen LogP contribution is -2.06. The van der Waals surface area contributed by atoms with E-state index in [1.165, 1.54) is 76.8 Å². The van der Waals surface area contributed by atoms with Gasteiger partial charge in [-0.15, -0.1) is 0 Å². The Morgan fingerprint density at radius 2 is 0.978 bits per heavy atom. The number of hydrogen-bond donors (Lipinski definition) is 0. The second kappa shape index (κ2) is 9.35. The van der Waals surface area contributed by atoms with Crippen molar-refractivity contribution in [2.24, 2.45) is 0 Å². The largest absolute Gasteiger partial charge is 0.333 e. The molecule has 9 aromatic rings. The maximum Gasteiger partial charge on any atom is 0.0560 e. The third-order valence-corrected chi connectivity index (χ3v) is 9.73. The number of nitrogens with zero attached hydrogens (tertiary/aromatic N) is 3. The summed E-state index contributed by atoms with van der Waals surface area (Å²) in [5, 5.41) is 7.74. The fourth-order valence-electron chi connectivity index (χ4n) is 7.90. The summed E-state index contributed by atoms with van der Waals surface area (Å²) >= 11 is 0. The molecule has 0 amide bonds. The van der Waals surface area contributed by atoms with Gasteiger partial charge in [0.2, 0.25) is 0 Å². The number of allylic oxidation sites excluding steroid dienone is 4. The summed E-state index contributed by atoms with van der Waals surface area (Å²) in [5.74, 6) is 0. The Morgan fingerprint density at radius 1 is 0.422 bits per heavy atom. The molecule has 3 heteroatoms. The van der Waals surface area contributed by atoms with Crippen LogP contribution >= 0.6 is 0 Å². The Hall–Kier alpha value is -5.80. The molecule has 0 aliphatic heterocycles. The van der Waals surface area contributed by atoms with Crippen LogP contribution in [-0.2, 0) is 0 Å². The Kier molecular flexibility index (Phi) is 5.11. The molecule has 0 saturated carbocycles. The van der Waals surface area contributed by atoms with Gasteiger partial charge in [-0.05, 0) is 67.1 Å². The maximum absolute atomic E-state index is 2.52. The molecule has 6 aromatic carbocycles. The van der Waals surface area contributed by atoms with E-state index < -0.39 is 0 Å². The Bertz CT molecular complexity index is 2680. The summed E-state index contributed by atoms with van der Waals surface area (Å²) in [6.07, 6.45) is 9.93. The van der Waals surface area contributed by atoms with E-state index in [0.29, 0.717) is 6.04 Å². The molecule has 1 aliphatic carbocycles. The molecule has 0 N–H and O–H groups in total. The van der Waals surface area contributed by atoms with Gasteiger partial charge in [-0.1, -0.05) is 97.1 Å². The minimum Gasteiger partial charge on any atom is -0.333 e. The van der Waals surface area contributed by atoms with Gasteiger partial charge in [-0.3, -0.25) is 0 Å². The topological polar surface area (TPSA) is 14.8 Å². The summed E-state index contributed by atoms with van der Waals surface area (Å²) in [7, 11) is 0. The second-order valence-corrected chi connectivity index (χ2v) is 12.1. The molecule has 0 spiro atoms. The fourth-order valence-corrected chi connectivity index (χ4v) is 7.90. The molecule has 1 atom stereocenters. The normalized spacial score (nSPS) is 15.1. The molecule has 0 bridgehead atoms. The maximum atomic E-state index is 2.52. The molecule has 0 saturated heterocycles. The molecule has 3 aromatic heterocycles. The van der Waals surface area contributed by atoms with Gasteiger partial charge in [0.1, 0.15) is 0 Å². The highest BCUT2D eigenvalue weighted by Crippen LogP contribution is 2.43. The summed E-state index contributed by atoms with van der Waals surface area (Å²) in [4.78, 5) is 0. The zero-order valence-electron chi connectivity index (χ0n) is 24.6. The van der Waals surface area contributed by atoms with Crippen LogP contribution in [0.15, 0.2) is 158 Å². The highest BCUT2D eigenvalue weighted by molar-refractivity contribution is 6.29. The van der Waals surface area contributed by atoms with Gasteiger partial charge in [-0.25, -0.2) is 0 Å². The minimum absolute atomic E-state index is 0.312. The monoisotopic (exact) mass is 575 g/mol. The van der Waals surface area contributed by atoms with Crippen molar-refractivity contribution in [2.45, 2.75) is 12.5 Å². The molecule has 0 fully saturated rings. The van der Waals surface area contributed by atoms with E-state index in [2.05, 4.69) is 171 Å². The van der Waals surface area contributed by atoms with Crippen LogP contribution in [0.3, 0.4) is 0 Å². The van der Waals surface area contributed by atoms with Crippen LogP contribution in [0.5, 0.6) is 0 Å². The number of benzene rings is 6. The summed E-state index contributed by atoms with van der Waals surface area (Å²) in [6, 6.07) is 49.3. The Balaban J connectivity index is 1.30. The van der Waals surface area contributed by atoms with Crippen molar-refractivity contribution in [3.05, 3.63) is 158 Å². The van der Waals surface area contributed by atoms with E-state index in [0.717, 1.165) is 6.42 Å². The number of aromatic nitrogens is 3. The van der Waals surface area contributed by atoms with Crippen molar-refractivity contribution in [3.8, 4) is 11.4 Å². The molecule has 212 valence electrons. The average molecular weight is 576 g/mol. The minimum atomic E-state index is 0.312. The first-order valence-electron chi connectivity index (χ1n) is 15.7. The SMILES string of the molecule is C1=CCC(n2c3ccccc3c3cc(-n4c5ccccc5c5c6c7ccccc7n(-c7ccccc7)c6ccc54)ccc32)C=C1. The zero-order chi connectivity index (χ0) is 29.5. The van der Waals surface area contributed by atoms with Crippen molar-refractivity contribution >= 4 is 65.4 Å². The first kappa shape index (κ1) is 24.6. The van der Waals surface area contributed by atoms with Crippen LogP contribution in [0.1, 0.15) is 12.5 Å². The van der Waals surface area contributed by atoms with E-state index in [1.807, 2.05) is 0 Å². The van der Waals surface area contributed by atoms with Crippen LogP contribution < -0.4 is 0 Å². The van der Waals surface area contributed by atoms with Crippen molar-refractivity contribution in [3.63, 3.8) is 0 Å². The summed E-state index contributed by atoms with van der Waals surface area (Å²) in [6.45, 7) is 0. The number of fused-ring (bicyclic) bond motifs is 10. The van der Waals surface area contributed by atoms with Crippen LogP contribution in [-0.4, -0.2) is 13.7 Å². The lowest BCUT2D eigenvalue weighted by molar-refractivity contribution is 0.648. The smallest absolute Gasteiger partial charge is 0.0560 e. The van der Waals surface area contributed by atoms with E-state index in [4.69, 9.17) is 0 Å². The highest BCUT2D eigenvalue weighted by atomic mass is 15.0. The van der Waals surface area contributed by atoms with Crippen molar-refractivity contribution in [1.29, 1.82) is 0 Å². The van der Waals surface area contributed by atoms with Gasteiger partial charge in [0.15, 0.2) is 0 Å². The average Bonchev–Trinajstić information content (AvgIpc) is 3.74. The lowest BCUT2D eigenvalue weighted by Gasteiger charge is -2.18. The Morgan fingerprint density at radius 3 is 1.64 bits per heavy atom. The van der Waals surface area contributed by atoms with E-state index in [9.17, 15) is 0 Å². The molecule has 3 heterocycles. The molecule has 10 rings (SSSR count). The summed E-state index contributed by atoms with van der Waals surface area (Å²) in [5.41, 5.74) is 9.82. The first-order chi connectivity index (χ1) is 22.4. The van der Waals surface area contributed by atoms with Gasteiger partial charge >= 0.3 is 0 Å². The third-order valence-electron chi connectivity index (χ3n) is 9.73. The predicted octanol–water partition coefficient (Wildman–Crippen LogP) is 11.0. The second-order valence-electron chi connectivity index (χ2n) is 12.1. The van der Waals surface area contributed by atoms with Crippen LogP contribution in [0.2, 0.25) is 0 Å². The molecular formula is C42H29N3. The fraction of sp³-hybridized carbons (Fsp3) is 0.0476. The van der Waals surface area contributed by atoms with Gasteiger partial charge in [-0.2, -0.15) is 0 Å². The molecule has 45 heavy (non-hydrogen) atoms. The third kappa shape index (κ3) is 3.41. The van der Waals surface area contributed by atoms with Gasteiger partial charge in [0.25, 0.3) is 0 Å². The van der Waals surface area contributed by atoms with E-state index >= 15 is 0 Å². The van der Waals surface area contributed by atoms with Crippen LogP contribution in [0.25, 0.3) is 76.8 Å². The van der Waals surface area contributed by atoms with Crippen LogP contribution in [0, 0.1) is 0 Å². The molecule has 0 radical (unpaired) electrons. The highest BCUT2D eigenvalue weighted by Gasteiger charge is 2.22.